The van der Waals surface area contributed by atoms with Gasteiger partial charge in [-0.25, -0.2) is 18.0 Å². The molecule has 1 saturated heterocycles. The van der Waals surface area contributed by atoms with Crippen molar-refractivity contribution < 1.29 is 17.6 Å². The summed E-state index contributed by atoms with van der Waals surface area (Å²) in [4.78, 5) is 14.3. The van der Waals surface area contributed by atoms with E-state index in [1.54, 1.807) is 6.07 Å². The number of nitrogens with zero attached hydrogens (tertiary/aromatic N) is 1. The van der Waals surface area contributed by atoms with Crippen molar-refractivity contribution in [2.45, 2.75) is 0 Å². The Kier molecular flexibility index (Phi) is 4.16. The Balaban J connectivity index is 1.84. The van der Waals surface area contributed by atoms with Crippen LogP contribution in [0.2, 0.25) is 0 Å². The minimum atomic E-state index is -0.825. The number of halogens is 3. The SMILES string of the molecule is O=c1oc2cc(N3CCNCC3)cc(F)c2cc1-c1cc(F)cc(F)c1. The first-order valence-corrected chi connectivity index (χ1v) is 8.21. The van der Waals surface area contributed by atoms with Gasteiger partial charge < -0.3 is 14.6 Å². The summed E-state index contributed by atoms with van der Waals surface area (Å²) in [5, 5.41) is 3.30. The van der Waals surface area contributed by atoms with Gasteiger partial charge in [0.1, 0.15) is 23.0 Å². The van der Waals surface area contributed by atoms with E-state index in [4.69, 9.17) is 4.42 Å². The molecule has 1 aliphatic heterocycles. The van der Waals surface area contributed by atoms with E-state index >= 15 is 0 Å². The van der Waals surface area contributed by atoms with Gasteiger partial charge in [-0.15, -0.1) is 0 Å². The highest BCUT2D eigenvalue weighted by atomic mass is 19.1. The quantitative estimate of drug-likeness (QED) is 0.713. The average Bonchev–Trinajstić information content (AvgIpc) is 2.61. The second kappa shape index (κ2) is 6.49. The van der Waals surface area contributed by atoms with E-state index < -0.39 is 23.1 Å². The molecule has 0 spiro atoms. The third-order valence-electron chi connectivity index (χ3n) is 4.44. The summed E-state index contributed by atoms with van der Waals surface area (Å²) in [5.41, 5.74) is -0.138. The van der Waals surface area contributed by atoms with Crippen LogP contribution < -0.4 is 15.8 Å². The Morgan fingerprint density at radius 2 is 1.62 bits per heavy atom. The van der Waals surface area contributed by atoms with E-state index in [2.05, 4.69) is 5.32 Å². The molecule has 26 heavy (non-hydrogen) atoms. The Bertz CT molecular complexity index is 1020. The fourth-order valence-electron chi connectivity index (χ4n) is 3.18. The number of piperazine rings is 1. The van der Waals surface area contributed by atoms with E-state index in [1.165, 1.54) is 12.1 Å². The maximum Gasteiger partial charge on any atom is 0.344 e. The number of anilines is 1. The molecule has 0 atom stereocenters. The largest absolute Gasteiger partial charge is 0.422 e. The van der Waals surface area contributed by atoms with Crippen LogP contribution in [0.3, 0.4) is 0 Å². The molecular weight excluding hydrogens is 345 g/mol. The maximum absolute atomic E-state index is 14.6. The zero-order valence-corrected chi connectivity index (χ0v) is 13.7. The van der Waals surface area contributed by atoms with E-state index in [9.17, 15) is 18.0 Å². The molecule has 1 N–H and O–H groups in total. The lowest BCUT2D eigenvalue weighted by atomic mass is 10.0. The zero-order valence-electron chi connectivity index (χ0n) is 13.7. The maximum atomic E-state index is 14.6. The molecule has 0 bridgehead atoms. The topological polar surface area (TPSA) is 45.5 Å². The van der Waals surface area contributed by atoms with Gasteiger partial charge in [-0.2, -0.15) is 0 Å². The monoisotopic (exact) mass is 360 g/mol. The van der Waals surface area contributed by atoms with E-state index in [1.807, 2.05) is 4.90 Å². The summed E-state index contributed by atoms with van der Waals surface area (Å²) < 4.78 is 46.8. The van der Waals surface area contributed by atoms with Crippen molar-refractivity contribution in [3.8, 4) is 11.1 Å². The van der Waals surface area contributed by atoms with Crippen molar-refractivity contribution in [2.24, 2.45) is 0 Å². The van der Waals surface area contributed by atoms with Crippen molar-refractivity contribution in [1.29, 1.82) is 0 Å². The first kappa shape index (κ1) is 16.7. The number of nitrogens with one attached hydrogen (secondary N) is 1. The van der Waals surface area contributed by atoms with Crippen LogP contribution >= 0.6 is 0 Å². The molecule has 3 aromatic rings. The fourth-order valence-corrected chi connectivity index (χ4v) is 3.18. The molecule has 1 aliphatic rings. The molecule has 0 aliphatic carbocycles. The molecule has 1 fully saturated rings. The van der Waals surface area contributed by atoms with Gasteiger partial charge in [-0.05, 0) is 29.8 Å². The second-order valence-corrected chi connectivity index (χ2v) is 6.18. The predicted molar refractivity (Wildman–Crippen MR) is 92.9 cm³/mol. The summed E-state index contributed by atoms with van der Waals surface area (Å²) in [7, 11) is 0. The zero-order chi connectivity index (χ0) is 18.3. The molecule has 7 heteroatoms. The Hall–Kier alpha value is -2.80. The van der Waals surface area contributed by atoms with Gasteiger partial charge >= 0.3 is 5.63 Å². The van der Waals surface area contributed by atoms with Crippen LogP contribution in [0.15, 0.2) is 45.6 Å². The van der Waals surface area contributed by atoms with E-state index in [0.717, 1.165) is 38.3 Å². The molecular formula is C19H15F3N2O2. The number of fused-ring (bicyclic) bond motifs is 1. The number of hydrogen-bond acceptors (Lipinski definition) is 4. The smallest absolute Gasteiger partial charge is 0.344 e. The van der Waals surface area contributed by atoms with Crippen LogP contribution in [0.25, 0.3) is 22.1 Å². The Labute approximate surface area is 146 Å². The predicted octanol–water partition coefficient (Wildman–Crippen LogP) is 3.29. The number of hydrogen-bond donors (Lipinski definition) is 1. The Morgan fingerprint density at radius 3 is 2.31 bits per heavy atom. The Morgan fingerprint density at radius 1 is 0.923 bits per heavy atom. The molecule has 1 aromatic heterocycles. The van der Waals surface area contributed by atoms with Gasteiger partial charge in [0, 0.05) is 44.0 Å². The summed E-state index contributed by atoms with van der Waals surface area (Å²) in [6.45, 7) is 3.01. The lowest BCUT2D eigenvalue weighted by molar-refractivity contribution is 0.555. The van der Waals surface area contributed by atoms with Gasteiger partial charge in [0.2, 0.25) is 0 Å². The summed E-state index contributed by atoms with van der Waals surface area (Å²) in [6, 6.07) is 6.98. The molecule has 0 radical (unpaired) electrons. The molecule has 2 heterocycles. The van der Waals surface area contributed by atoms with Crippen LogP contribution in [-0.4, -0.2) is 26.2 Å². The van der Waals surface area contributed by atoms with Gasteiger partial charge in [0.15, 0.2) is 0 Å². The van der Waals surface area contributed by atoms with Crippen molar-refractivity contribution in [1.82, 2.24) is 5.32 Å². The average molecular weight is 360 g/mol. The second-order valence-electron chi connectivity index (χ2n) is 6.18. The molecule has 0 saturated carbocycles. The van der Waals surface area contributed by atoms with Crippen LogP contribution in [0.4, 0.5) is 18.9 Å². The van der Waals surface area contributed by atoms with Crippen molar-refractivity contribution >= 4 is 16.7 Å². The van der Waals surface area contributed by atoms with Gasteiger partial charge in [0.25, 0.3) is 0 Å². The molecule has 4 nitrogen and oxygen atoms in total. The van der Waals surface area contributed by atoms with Crippen LogP contribution in [-0.2, 0) is 0 Å². The summed E-state index contributed by atoms with van der Waals surface area (Å²) >= 11 is 0. The van der Waals surface area contributed by atoms with Crippen molar-refractivity contribution in [2.75, 3.05) is 31.1 Å². The summed E-state index contributed by atoms with van der Waals surface area (Å²) in [6.07, 6.45) is 0. The standard InChI is InChI=1S/C19H15F3N2O2/c20-12-5-11(6-13(21)7-12)15-10-16-17(22)8-14(9-18(16)26-19(15)25)24-3-1-23-2-4-24/h5-10,23H,1-4H2. The minimum absolute atomic E-state index is 0.00346. The van der Waals surface area contributed by atoms with Crippen LogP contribution in [0.5, 0.6) is 0 Å². The van der Waals surface area contributed by atoms with Gasteiger partial charge in [0.05, 0.1) is 10.9 Å². The number of benzene rings is 2. The highest BCUT2D eigenvalue weighted by molar-refractivity contribution is 5.85. The highest BCUT2D eigenvalue weighted by Gasteiger charge is 2.17. The van der Waals surface area contributed by atoms with Crippen LogP contribution in [0.1, 0.15) is 0 Å². The van der Waals surface area contributed by atoms with E-state index in [-0.39, 0.29) is 22.1 Å². The highest BCUT2D eigenvalue weighted by Crippen LogP contribution is 2.28. The van der Waals surface area contributed by atoms with E-state index in [0.29, 0.717) is 11.8 Å². The lowest BCUT2D eigenvalue weighted by Gasteiger charge is -2.29. The van der Waals surface area contributed by atoms with Crippen LogP contribution in [0, 0.1) is 17.5 Å². The fraction of sp³-hybridized carbons (Fsp3) is 0.211. The molecule has 4 rings (SSSR count). The first-order valence-electron chi connectivity index (χ1n) is 8.21. The van der Waals surface area contributed by atoms with Crippen molar-refractivity contribution in [3.63, 3.8) is 0 Å². The molecule has 2 aromatic carbocycles. The van der Waals surface area contributed by atoms with Gasteiger partial charge in [-0.1, -0.05) is 0 Å². The molecule has 0 amide bonds. The molecule has 0 unspecified atom stereocenters. The minimum Gasteiger partial charge on any atom is -0.422 e. The lowest BCUT2D eigenvalue weighted by Crippen LogP contribution is -2.43. The number of rotatable bonds is 2. The molecule has 134 valence electrons. The normalized spacial score (nSPS) is 14.8. The third-order valence-corrected chi connectivity index (χ3v) is 4.44. The first-order chi connectivity index (χ1) is 12.5. The van der Waals surface area contributed by atoms with Crippen molar-refractivity contribution in [3.05, 3.63) is 64.3 Å². The summed E-state index contributed by atoms with van der Waals surface area (Å²) in [5.74, 6) is -2.21. The third kappa shape index (κ3) is 3.06. The van der Waals surface area contributed by atoms with Gasteiger partial charge in [-0.3, -0.25) is 0 Å².